The number of nitrogens with zero attached hydrogens (tertiary/aromatic N) is 5. The van der Waals surface area contributed by atoms with Crippen molar-refractivity contribution in [3.63, 3.8) is 0 Å². The van der Waals surface area contributed by atoms with E-state index in [0.29, 0.717) is 17.0 Å². The summed E-state index contributed by atoms with van der Waals surface area (Å²) in [5, 5.41) is 3.64. The molecule has 0 aliphatic rings. The highest BCUT2D eigenvalue weighted by Gasteiger charge is 2.09. The molecule has 0 N–H and O–H groups in total. The molecule has 5 nitrogen and oxygen atoms in total. The molecule has 0 radical (unpaired) electrons. The minimum absolute atomic E-state index is 0.299. The van der Waals surface area contributed by atoms with Crippen LogP contribution in [0.2, 0.25) is 0 Å². The SMILES string of the molecule is [N-]=[N+]=Nc1nc2ccccc2nc1-c1ccccc1. The van der Waals surface area contributed by atoms with Crippen LogP contribution < -0.4 is 0 Å². The van der Waals surface area contributed by atoms with E-state index in [1.54, 1.807) is 0 Å². The van der Waals surface area contributed by atoms with Crippen LogP contribution in [-0.4, -0.2) is 9.97 Å². The van der Waals surface area contributed by atoms with E-state index in [2.05, 4.69) is 20.0 Å². The lowest BCUT2D eigenvalue weighted by Crippen LogP contribution is -1.90. The summed E-state index contributed by atoms with van der Waals surface area (Å²) in [6, 6.07) is 17.1. The van der Waals surface area contributed by atoms with Gasteiger partial charge in [-0.2, -0.15) is 0 Å². The van der Waals surface area contributed by atoms with Crippen LogP contribution in [0.3, 0.4) is 0 Å². The number of para-hydroxylation sites is 2. The van der Waals surface area contributed by atoms with Crippen LogP contribution in [-0.2, 0) is 0 Å². The third-order valence-electron chi connectivity index (χ3n) is 2.74. The molecule has 0 bridgehead atoms. The van der Waals surface area contributed by atoms with E-state index in [9.17, 15) is 0 Å². The summed E-state index contributed by atoms with van der Waals surface area (Å²) in [6.45, 7) is 0. The Morgan fingerprint density at radius 1 is 0.842 bits per heavy atom. The number of azide groups is 1. The average Bonchev–Trinajstić information content (AvgIpc) is 2.48. The van der Waals surface area contributed by atoms with Crippen molar-refractivity contribution in [3.8, 4) is 11.3 Å². The van der Waals surface area contributed by atoms with Gasteiger partial charge in [0.15, 0.2) is 5.82 Å². The number of aromatic nitrogens is 2. The number of hydrogen-bond acceptors (Lipinski definition) is 3. The van der Waals surface area contributed by atoms with Crippen molar-refractivity contribution < 1.29 is 0 Å². The molecule has 2 aromatic carbocycles. The summed E-state index contributed by atoms with van der Waals surface area (Å²) in [7, 11) is 0. The summed E-state index contributed by atoms with van der Waals surface area (Å²) in [4.78, 5) is 11.7. The van der Waals surface area contributed by atoms with E-state index in [1.807, 2.05) is 54.6 Å². The molecule has 5 heteroatoms. The minimum atomic E-state index is 0.299. The Balaban J connectivity index is 2.32. The first-order valence-corrected chi connectivity index (χ1v) is 5.76. The van der Waals surface area contributed by atoms with Gasteiger partial charge in [0, 0.05) is 10.5 Å². The van der Waals surface area contributed by atoms with Crippen molar-refractivity contribution in [2.24, 2.45) is 5.11 Å². The van der Waals surface area contributed by atoms with Crippen molar-refractivity contribution in [2.45, 2.75) is 0 Å². The van der Waals surface area contributed by atoms with Crippen molar-refractivity contribution in [1.82, 2.24) is 9.97 Å². The molecule has 0 fully saturated rings. The van der Waals surface area contributed by atoms with Gasteiger partial charge in [-0.1, -0.05) is 42.5 Å². The van der Waals surface area contributed by atoms with Gasteiger partial charge in [0.1, 0.15) is 0 Å². The predicted octanol–water partition coefficient (Wildman–Crippen LogP) is 4.24. The largest absolute Gasteiger partial charge is 0.244 e. The highest BCUT2D eigenvalue weighted by atomic mass is 15.2. The van der Waals surface area contributed by atoms with Gasteiger partial charge < -0.3 is 0 Å². The second-order valence-corrected chi connectivity index (χ2v) is 3.94. The van der Waals surface area contributed by atoms with E-state index in [4.69, 9.17) is 5.53 Å². The lowest BCUT2D eigenvalue weighted by atomic mass is 10.1. The minimum Gasteiger partial charge on any atom is -0.244 e. The number of benzene rings is 2. The van der Waals surface area contributed by atoms with Gasteiger partial charge in [-0.25, -0.2) is 9.97 Å². The molecule has 0 spiro atoms. The quantitative estimate of drug-likeness (QED) is 0.386. The molecule has 1 aromatic heterocycles. The molecule has 90 valence electrons. The van der Waals surface area contributed by atoms with Crippen molar-refractivity contribution in [2.75, 3.05) is 0 Å². The topological polar surface area (TPSA) is 74.5 Å². The van der Waals surface area contributed by atoms with Crippen LogP contribution in [0, 0.1) is 0 Å². The normalized spacial score (nSPS) is 10.1. The van der Waals surface area contributed by atoms with E-state index < -0.39 is 0 Å². The highest BCUT2D eigenvalue weighted by molar-refractivity contribution is 5.82. The first-order valence-electron chi connectivity index (χ1n) is 5.76. The molecule has 0 amide bonds. The van der Waals surface area contributed by atoms with E-state index in [0.717, 1.165) is 11.1 Å². The molecule has 0 atom stereocenters. The molecule has 3 rings (SSSR count). The van der Waals surface area contributed by atoms with E-state index >= 15 is 0 Å². The van der Waals surface area contributed by atoms with Crippen molar-refractivity contribution in [1.29, 1.82) is 0 Å². The molecular weight excluding hydrogens is 238 g/mol. The van der Waals surface area contributed by atoms with Crippen LogP contribution in [0.25, 0.3) is 32.7 Å². The summed E-state index contributed by atoms with van der Waals surface area (Å²) in [5.74, 6) is 0.299. The highest BCUT2D eigenvalue weighted by Crippen LogP contribution is 2.28. The Kier molecular flexibility index (Phi) is 2.80. The second-order valence-electron chi connectivity index (χ2n) is 3.94. The lowest BCUT2D eigenvalue weighted by Gasteiger charge is -2.05. The van der Waals surface area contributed by atoms with Gasteiger partial charge in [0.2, 0.25) is 0 Å². The molecule has 3 aromatic rings. The molecule has 0 saturated carbocycles. The molecule has 0 aliphatic heterocycles. The zero-order valence-corrected chi connectivity index (χ0v) is 9.93. The predicted molar refractivity (Wildman–Crippen MR) is 73.8 cm³/mol. The Morgan fingerprint density at radius 3 is 2.16 bits per heavy atom. The maximum absolute atomic E-state index is 8.65. The van der Waals surface area contributed by atoms with Gasteiger partial charge in [-0.3, -0.25) is 0 Å². The molecular formula is C14H9N5. The van der Waals surface area contributed by atoms with Crippen LogP contribution in [0.5, 0.6) is 0 Å². The zero-order chi connectivity index (χ0) is 13.1. The molecule has 0 saturated heterocycles. The summed E-state index contributed by atoms with van der Waals surface area (Å²) < 4.78 is 0. The Labute approximate surface area is 109 Å². The summed E-state index contributed by atoms with van der Waals surface area (Å²) >= 11 is 0. The lowest BCUT2D eigenvalue weighted by molar-refractivity contribution is 1.24. The first-order chi connectivity index (χ1) is 9.38. The maximum Gasteiger partial charge on any atom is 0.153 e. The molecule has 19 heavy (non-hydrogen) atoms. The monoisotopic (exact) mass is 247 g/mol. The second kappa shape index (κ2) is 4.76. The van der Waals surface area contributed by atoms with Crippen LogP contribution in [0.1, 0.15) is 0 Å². The standard InChI is InChI=1S/C14H9N5/c15-19-18-14-13(10-6-2-1-3-7-10)16-11-8-4-5-9-12(11)17-14/h1-9H. The van der Waals surface area contributed by atoms with Crippen LogP contribution in [0.15, 0.2) is 59.7 Å². The fourth-order valence-corrected chi connectivity index (χ4v) is 1.89. The zero-order valence-electron chi connectivity index (χ0n) is 9.93. The Morgan fingerprint density at radius 2 is 1.47 bits per heavy atom. The van der Waals surface area contributed by atoms with Crippen LogP contribution in [0.4, 0.5) is 5.82 Å². The van der Waals surface area contributed by atoms with Crippen LogP contribution >= 0.6 is 0 Å². The average molecular weight is 247 g/mol. The van der Waals surface area contributed by atoms with Gasteiger partial charge in [0.25, 0.3) is 0 Å². The molecule has 1 heterocycles. The molecule has 0 unspecified atom stereocenters. The van der Waals surface area contributed by atoms with E-state index in [1.165, 1.54) is 0 Å². The molecule has 0 aliphatic carbocycles. The third-order valence-corrected chi connectivity index (χ3v) is 2.74. The van der Waals surface area contributed by atoms with Gasteiger partial charge in [-0.15, -0.1) is 0 Å². The van der Waals surface area contributed by atoms with E-state index in [-0.39, 0.29) is 0 Å². The van der Waals surface area contributed by atoms with Gasteiger partial charge >= 0.3 is 0 Å². The van der Waals surface area contributed by atoms with Crippen molar-refractivity contribution >= 4 is 16.9 Å². The van der Waals surface area contributed by atoms with Crippen molar-refractivity contribution in [3.05, 3.63) is 65.0 Å². The fourth-order valence-electron chi connectivity index (χ4n) is 1.89. The number of hydrogen-bond donors (Lipinski definition) is 0. The number of rotatable bonds is 2. The van der Waals surface area contributed by atoms with Gasteiger partial charge in [0.05, 0.1) is 16.7 Å². The number of fused-ring (bicyclic) bond motifs is 1. The summed E-state index contributed by atoms with van der Waals surface area (Å²) in [6.07, 6.45) is 0. The Hall–Kier alpha value is -2.91. The third kappa shape index (κ3) is 2.10. The first kappa shape index (κ1) is 11.2. The van der Waals surface area contributed by atoms with Gasteiger partial charge in [-0.05, 0) is 22.8 Å². The fraction of sp³-hybridized carbons (Fsp3) is 0. The Bertz CT molecular complexity index is 776. The smallest absolute Gasteiger partial charge is 0.153 e. The summed E-state index contributed by atoms with van der Waals surface area (Å²) in [5.41, 5.74) is 11.6. The maximum atomic E-state index is 8.65.